The average Bonchev–Trinajstić information content (AvgIpc) is 2.27. The fraction of sp³-hybridized carbons (Fsp3) is 0.250. The van der Waals surface area contributed by atoms with Crippen molar-refractivity contribution in [3.8, 4) is 0 Å². The van der Waals surface area contributed by atoms with Gasteiger partial charge in [0.2, 0.25) is 6.17 Å². The van der Waals surface area contributed by atoms with Gasteiger partial charge in [-0.05, 0) is 18.6 Å². The Hall–Kier alpha value is -1.64. The van der Waals surface area contributed by atoms with Crippen molar-refractivity contribution in [2.75, 3.05) is 6.61 Å². The first kappa shape index (κ1) is 11.4. The molecular formula is C12H13FO2. The van der Waals surface area contributed by atoms with E-state index in [9.17, 15) is 9.18 Å². The molecule has 0 heterocycles. The summed E-state index contributed by atoms with van der Waals surface area (Å²) in [6.07, 6.45) is 1.06. The van der Waals surface area contributed by atoms with E-state index >= 15 is 0 Å². The van der Waals surface area contributed by atoms with Crippen molar-refractivity contribution in [1.29, 1.82) is 0 Å². The average molecular weight is 208 g/mol. The van der Waals surface area contributed by atoms with Crippen LogP contribution in [-0.2, 0) is 9.53 Å². The van der Waals surface area contributed by atoms with Gasteiger partial charge in [-0.2, -0.15) is 0 Å². The van der Waals surface area contributed by atoms with Crippen LogP contribution in [0.5, 0.6) is 0 Å². The van der Waals surface area contributed by atoms with Crippen LogP contribution in [0, 0.1) is 0 Å². The van der Waals surface area contributed by atoms with Crippen LogP contribution >= 0.6 is 0 Å². The van der Waals surface area contributed by atoms with Gasteiger partial charge in [-0.15, -0.1) is 0 Å². The Balaban J connectivity index is 2.54. The molecule has 3 heteroatoms. The van der Waals surface area contributed by atoms with Crippen LogP contribution in [0.25, 0.3) is 6.08 Å². The smallest absolute Gasteiger partial charge is 0.344 e. The molecule has 1 rings (SSSR count). The summed E-state index contributed by atoms with van der Waals surface area (Å²) >= 11 is 0. The normalized spacial score (nSPS) is 12.7. The van der Waals surface area contributed by atoms with Crippen molar-refractivity contribution >= 4 is 12.0 Å². The number of hydrogen-bond donors (Lipinski definition) is 0. The molecular weight excluding hydrogens is 195 g/mol. The molecule has 0 radical (unpaired) electrons. The number of halogens is 1. The van der Waals surface area contributed by atoms with E-state index in [4.69, 9.17) is 0 Å². The molecule has 1 unspecified atom stereocenters. The zero-order valence-electron chi connectivity index (χ0n) is 8.52. The molecule has 0 aliphatic carbocycles. The zero-order valence-corrected chi connectivity index (χ0v) is 8.52. The number of ether oxygens (including phenoxy) is 1. The van der Waals surface area contributed by atoms with E-state index < -0.39 is 12.1 Å². The maximum absolute atomic E-state index is 13.1. The molecule has 0 spiro atoms. The highest BCUT2D eigenvalue weighted by Crippen LogP contribution is 2.04. The molecule has 1 aromatic carbocycles. The highest BCUT2D eigenvalue weighted by atomic mass is 19.1. The summed E-state index contributed by atoms with van der Waals surface area (Å²) in [6, 6.07) is 9.22. The number of hydrogen-bond acceptors (Lipinski definition) is 2. The van der Waals surface area contributed by atoms with Gasteiger partial charge in [0.25, 0.3) is 0 Å². The van der Waals surface area contributed by atoms with E-state index in [1.807, 2.05) is 30.3 Å². The van der Waals surface area contributed by atoms with Crippen LogP contribution in [0.1, 0.15) is 12.5 Å². The Morgan fingerprint density at radius 2 is 2.13 bits per heavy atom. The van der Waals surface area contributed by atoms with Gasteiger partial charge in [0.05, 0.1) is 6.61 Å². The first-order valence-electron chi connectivity index (χ1n) is 4.78. The third-order valence-corrected chi connectivity index (χ3v) is 1.77. The summed E-state index contributed by atoms with van der Waals surface area (Å²) in [6.45, 7) is 1.84. The number of alkyl halides is 1. The number of esters is 1. The van der Waals surface area contributed by atoms with Crippen LogP contribution in [0.15, 0.2) is 36.4 Å². The molecule has 0 saturated carbocycles. The Morgan fingerprint density at radius 1 is 1.47 bits per heavy atom. The number of rotatable bonds is 4. The highest BCUT2D eigenvalue weighted by molar-refractivity contribution is 5.78. The maximum Gasteiger partial charge on any atom is 0.344 e. The molecule has 0 N–H and O–H groups in total. The molecule has 15 heavy (non-hydrogen) atoms. The zero-order chi connectivity index (χ0) is 11.1. The maximum atomic E-state index is 13.1. The van der Waals surface area contributed by atoms with Gasteiger partial charge in [0.1, 0.15) is 0 Å². The summed E-state index contributed by atoms with van der Waals surface area (Å²) in [5.74, 6) is -0.843. The molecule has 0 aliphatic rings. The largest absolute Gasteiger partial charge is 0.464 e. The van der Waals surface area contributed by atoms with E-state index in [1.54, 1.807) is 13.0 Å². The van der Waals surface area contributed by atoms with Gasteiger partial charge in [-0.1, -0.05) is 36.4 Å². The van der Waals surface area contributed by atoms with Crippen LogP contribution in [0.3, 0.4) is 0 Å². The van der Waals surface area contributed by atoms with Gasteiger partial charge >= 0.3 is 5.97 Å². The lowest BCUT2D eigenvalue weighted by Gasteiger charge is -2.02. The summed E-state index contributed by atoms with van der Waals surface area (Å²) < 4.78 is 17.6. The topological polar surface area (TPSA) is 26.3 Å². The molecule has 0 fully saturated rings. The second kappa shape index (κ2) is 5.96. The minimum absolute atomic E-state index is 0.193. The predicted octanol–water partition coefficient (Wildman–Crippen LogP) is 2.60. The molecule has 80 valence electrons. The van der Waals surface area contributed by atoms with E-state index in [-0.39, 0.29) is 6.61 Å². The lowest BCUT2D eigenvalue weighted by atomic mass is 10.2. The first-order valence-corrected chi connectivity index (χ1v) is 4.78. The minimum atomic E-state index is -1.69. The van der Waals surface area contributed by atoms with Crippen molar-refractivity contribution < 1.29 is 13.9 Å². The Bertz CT molecular complexity index is 333. The second-order valence-corrected chi connectivity index (χ2v) is 2.92. The third-order valence-electron chi connectivity index (χ3n) is 1.77. The SMILES string of the molecule is CCOC(=O)C(F)/C=C/c1ccccc1. The van der Waals surface area contributed by atoms with Crippen LogP contribution in [0.4, 0.5) is 4.39 Å². The van der Waals surface area contributed by atoms with Gasteiger partial charge in [-0.3, -0.25) is 0 Å². The first-order chi connectivity index (χ1) is 7.24. The Morgan fingerprint density at radius 3 is 2.73 bits per heavy atom. The number of carbonyl (C=O) groups excluding carboxylic acids is 1. The van der Waals surface area contributed by atoms with E-state index in [0.717, 1.165) is 5.56 Å². The minimum Gasteiger partial charge on any atom is -0.464 e. The molecule has 0 bridgehead atoms. The van der Waals surface area contributed by atoms with Crippen LogP contribution in [0.2, 0.25) is 0 Å². The summed E-state index contributed by atoms with van der Waals surface area (Å²) in [5.41, 5.74) is 0.851. The standard InChI is InChI=1S/C12H13FO2/c1-2-15-12(14)11(13)9-8-10-6-4-3-5-7-10/h3-9,11H,2H2,1H3/b9-8+. The van der Waals surface area contributed by atoms with Gasteiger partial charge in [0, 0.05) is 0 Å². The Labute approximate surface area is 88.4 Å². The molecule has 0 amide bonds. The van der Waals surface area contributed by atoms with Crippen molar-refractivity contribution in [3.63, 3.8) is 0 Å². The van der Waals surface area contributed by atoms with Gasteiger partial charge in [0.15, 0.2) is 0 Å². The fourth-order valence-electron chi connectivity index (χ4n) is 1.06. The lowest BCUT2D eigenvalue weighted by molar-refractivity contribution is -0.147. The number of carbonyl (C=O) groups is 1. The second-order valence-electron chi connectivity index (χ2n) is 2.92. The molecule has 0 saturated heterocycles. The van der Waals surface area contributed by atoms with Crippen molar-refractivity contribution in [3.05, 3.63) is 42.0 Å². The van der Waals surface area contributed by atoms with E-state index in [2.05, 4.69) is 4.74 Å². The summed E-state index contributed by atoms with van der Waals surface area (Å²) in [4.78, 5) is 10.9. The van der Waals surface area contributed by atoms with Crippen molar-refractivity contribution in [2.24, 2.45) is 0 Å². The highest BCUT2D eigenvalue weighted by Gasteiger charge is 2.13. The van der Waals surface area contributed by atoms with Crippen LogP contribution < -0.4 is 0 Å². The molecule has 1 aromatic rings. The Kier molecular flexibility index (Phi) is 4.54. The van der Waals surface area contributed by atoms with Crippen LogP contribution in [-0.4, -0.2) is 18.7 Å². The van der Waals surface area contributed by atoms with E-state index in [1.165, 1.54) is 6.08 Å². The monoisotopic (exact) mass is 208 g/mol. The van der Waals surface area contributed by atoms with Crippen molar-refractivity contribution in [2.45, 2.75) is 13.1 Å². The van der Waals surface area contributed by atoms with Gasteiger partial charge < -0.3 is 4.74 Å². The predicted molar refractivity (Wildman–Crippen MR) is 57.0 cm³/mol. The van der Waals surface area contributed by atoms with Crippen molar-refractivity contribution in [1.82, 2.24) is 0 Å². The quantitative estimate of drug-likeness (QED) is 0.711. The number of benzene rings is 1. The van der Waals surface area contributed by atoms with Gasteiger partial charge in [-0.25, -0.2) is 9.18 Å². The molecule has 2 nitrogen and oxygen atoms in total. The fourth-order valence-corrected chi connectivity index (χ4v) is 1.06. The summed E-state index contributed by atoms with van der Waals surface area (Å²) in [7, 11) is 0. The molecule has 1 atom stereocenters. The molecule has 0 aliphatic heterocycles. The summed E-state index contributed by atoms with van der Waals surface area (Å²) in [5, 5.41) is 0. The van der Waals surface area contributed by atoms with E-state index in [0.29, 0.717) is 0 Å². The lowest BCUT2D eigenvalue weighted by Crippen LogP contribution is -2.16. The third kappa shape index (κ3) is 3.94. The molecule has 0 aromatic heterocycles.